The van der Waals surface area contributed by atoms with Gasteiger partial charge >= 0.3 is 0 Å². The van der Waals surface area contributed by atoms with Crippen LogP contribution in [0.15, 0.2) is 0 Å². The molecule has 0 rings (SSSR count). The van der Waals surface area contributed by atoms with Crippen LogP contribution in [0.5, 0.6) is 0 Å². The van der Waals surface area contributed by atoms with Crippen LogP contribution in [-0.2, 0) is 9.59 Å². The highest BCUT2D eigenvalue weighted by atomic mass is 16.1. The van der Waals surface area contributed by atoms with Gasteiger partial charge in [0.1, 0.15) is 5.78 Å². The lowest BCUT2D eigenvalue weighted by Crippen LogP contribution is -2.31. The van der Waals surface area contributed by atoms with Gasteiger partial charge in [0.2, 0.25) is 5.91 Å². The van der Waals surface area contributed by atoms with E-state index < -0.39 is 0 Å². The van der Waals surface area contributed by atoms with Gasteiger partial charge < -0.3 is 5.73 Å². The second kappa shape index (κ2) is 4.98. The molecule has 0 aliphatic rings. The van der Waals surface area contributed by atoms with Crippen LogP contribution in [0.25, 0.3) is 0 Å². The Morgan fingerprint density at radius 3 is 1.88 bits per heavy atom. The molecule has 0 saturated heterocycles. The van der Waals surface area contributed by atoms with Crippen molar-refractivity contribution in [1.82, 2.24) is 0 Å². The molecule has 0 radical (unpaired) electrons. The first-order valence-electron chi connectivity index (χ1n) is 5.78. The minimum atomic E-state index is -0.312. The summed E-state index contributed by atoms with van der Waals surface area (Å²) in [5, 5.41) is 0. The van der Waals surface area contributed by atoms with Crippen molar-refractivity contribution in [2.24, 2.45) is 22.5 Å². The monoisotopic (exact) mass is 227 g/mol. The van der Waals surface area contributed by atoms with Crippen molar-refractivity contribution >= 4 is 11.7 Å². The maximum Gasteiger partial charge on any atom is 0.220 e. The van der Waals surface area contributed by atoms with E-state index in [1.165, 1.54) is 0 Å². The molecule has 16 heavy (non-hydrogen) atoms. The number of primary amides is 1. The summed E-state index contributed by atoms with van der Waals surface area (Å²) in [6, 6.07) is 0. The number of rotatable bonds is 5. The second-order valence-electron chi connectivity index (χ2n) is 6.52. The van der Waals surface area contributed by atoms with Gasteiger partial charge in [0.25, 0.3) is 0 Å². The summed E-state index contributed by atoms with van der Waals surface area (Å²) in [6.45, 7) is 11.6. The van der Waals surface area contributed by atoms with Gasteiger partial charge in [-0.25, -0.2) is 0 Å². The Labute approximate surface area is 98.8 Å². The van der Waals surface area contributed by atoms with Crippen LogP contribution >= 0.6 is 0 Å². The largest absolute Gasteiger partial charge is 0.369 e. The molecule has 0 spiro atoms. The van der Waals surface area contributed by atoms with Crippen molar-refractivity contribution in [2.75, 3.05) is 0 Å². The maximum atomic E-state index is 11.9. The molecule has 1 amide bonds. The van der Waals surface area contributed by atoms with E-state index in [0.717, 1.165) is 0 Å². The average molecular weight is 227 g/mol. The van der Waals surface area contributed by atoms with E-state index in [-0.39, 0.29) is 28.4 Å². The van der Waals surface area contributed by atoms with Crippen LogP contribution in [0.1, 0.15) is 54.4 Å². The third-order valence-electron chi connectivity index (χ3n) is 2.82. The first kappa shape index (κ1) is 15.1. The van der Waals surface area contributed by atoms with E-state index in [1.54, 1.807) is 0 Å². The first-order valence-corrected chi connectivity index (χ1v) is 5.78. The van der Waals surface area contributed by atoms with E-state index in [0.29, 0.717) is 12.8 Å². The molecular formula is C13H25NO2. The van der Waals surface area contributed by atoms with E-state index in [9.17, 15) is 9.59 Å². The predicted molar refractivity (Wildman–Crippen MR) is 65.8 cm³/mol. The van der Waals surface area contributed by atoms with Crippen LogP contribution in [-0.4, -0.2) is 11.7 Å². The van der Waals surface area contributed by atoms with Gasteiger partial charge in [-0.1, -0.05) is 41.5 Å². The third-order valence-corrected chi connectivity index (χ3v) is 2.82. The number of carbonyl (C=O) groups excluding carboxylic acids is 2. The van der Waals surface area contributed by atoms with Crippen molar-refractivity contribution in [2.45, 2.75) is 54.4 Å². The molecule has 94 valence electrons. The zero-order valence-corrected chi connectivity index (χ0v) is 11.4. The molecule has 3 heteroatoms. The topological polar surface area (TPSA) is 60.2 Å². The van der Waals surface area contributed by atoms with E-state index >= 15 is 0 Å². The van der Waals surface area contributed by atoms with Gasteiger partial charge in [-0.05, 0) is 11.8 Å². The fraction of sp³-hybridized carbons (Fsp3) is 0.846. The quantitative estimate of drug-likeness (QED) is 0.784. The Hall–Kier alpha value is -0.860. The molecule has 0 aromatic rings. The van der Waals surface area contributed by atoms with Crippen LogP contribution in [0.3, 0.4) is 0 Å². The van der Waals surface area contributed by atoms with Crippen LogP contribution < -0.4 is 5.73 Å². The van der Waals surface area contributed by atoms with E-state index in [1.807, 2.05) is 41.5 Å². The van der Waals surface area contributed by atoms with Crippen molar-refractivity contribution in [3.63, 3.8) is 0 Å². The van der Waals surface area contributed by atoms with Gasteiger partial charge in [0.05, 0.1) is 0 Å². The number of ketones is 1. The Balaban J connectivity index is 4.47. The van der Waals surface area contributed by atoms with Gasteiger partial charge in [-0.2, -0.15) is 0 Å². The normalized spacial score (nSPS) is 14.6. The molecule has 0 fully saturated rings. The van der Waals surface area contributed by atoms with Gasteiger partial charge in [-0.15, -0.1) is 0 Å². The van der Waals surface area contributed by atoms with Crippen LogP contribution in [0, 0.1) is 16.7 Å². The highest BCUT2D eigenvalue weighted by Crippen LogP contribution is 2.33. The first-order chi connectivity index (χ1) is 6.96. The maximum absolute atomic E-state index is 11.9. The summed E-state index contributed by atoms with van der Waals surface area (Å²) in [6.07, 6.45) is 1.15. The lowest BCUT2D eigenvalue weighted by Gasteiger charge is -2.29. The lowest BCUT2D eigenvalue weighted by atomic mass is 9.74. The zero-order chi connectivity index (χ0) is 13.1. The summed E-state index contributed by atoms with van der Waals surface area (Å²) >= 11 is 0. The number of hydrogen-bond acceptors (Lipinski definition) is 2. The minimum absolute atomic E-state index is 0.168. The second-order valence-corrected chi connectivity index (χ2v) is 6.52. The van der Waals surface area contributed by atoms with Crippen molar-refractivity contribution in [3.05, 3.63) is 0 Å². The Kier molecular flexibility index (Phi) is 4.71. The Morgan fingerprint density at radius 1 is 1.12 bits per heavy atom. The number of hydrogen-bond donors (Lipinski definition) is 1. The molecule has 0 aromatic heterocycles. The minimum Gasteiger partial charge on any atom is -0.369 e. The number of amides is 1. The smallest absolute Gasteiger partial charge is 0.220 e. The van der Waals surface area contributed by atoms with Crippen LogP contribution in [0.2, 0.25) is 0 Å². The van der Waals surface area contributed by atoms with Gasteiger partial charge in [0, 0.05) is 17.8 Å². The van der Waals surface area contributed by atoms with Crippen LogP contribution in [0.4, 0.5) is 0 Å². The fourth-order valence-electron chi connectivity index (χ4n) is 1.70. The van der Waals surface area contributed by atoms with Gasteiger partial charge in [0.15, 0.2) is 0 Å². The number of carbonyl (C=O) groups is 2. The van der Waals surface area contributed by atoms with Crippen molar-refractivity contribution in [1.29, 1.82) is 0 Å². The van der Waals surface area contributed by atoms with E-state index in [4.69, 9.17) is 5.73 Å². The third kappa shape index (κ3) is 5.29. The fourth-order valence-corrected chi connectivity index (χ4v) is 1.70. The molecular weight excluding hydrogens is 202 g/mol. The number of nitrogens with two attached hydrogens (primary N) is 1. The standard InChI is InChI=1S/C13H25NO2/c1-9(11(14)16)7-13(5,6)8-10(15)12(2,3)4/h9H,7-8H2,1-6H3,(H2,14,16). The molecule has 0 bridgehead atoms. The molecule has 0 saturated carbocycles. The molecule has 1 atom stereocenters. The summed E-state index contributed by atoms with van der Waals surface area (Å²) < 4.78 is 0. The summed E-state index contributed by atoms with van der Waals surface area (Å²) in [5.74, 6) is -0.242. The molecule has 1 unspecified atom stereocenters. The molecule has 0 aliphatic carbocycles. The molecule has 0 heterocycles. The zero-order valence-electron chi connectivity index (χ0n) is 11.4. The summed E-state index contributed by atoms with van der Waals surface area (Å²) in [5.41, 5.74) is 4.76. The highest BCUT2D eigenvalue weighted by molar-refractivity contribution is 5.84. The molecule has 0 aliphatic heterocycles. The average Bonchev–Trinajstić information content (AvgIpc) is 1.99. The molecule has 0 aromatic carbocycles. The Morgan fingerprint density at radius 2 is 1.56 bits per heavy atom. The molecule has 3 nitrogen and oxygen atoms in total. The highest BCUT2D eigenvalue weighted by Gasteiger charge is 2.31. The summed E-state index contributed by atoms with van der Waals surface area (Å²) in [7, 11) is 0. The van der Waals surface area contributed by atoms with Crippen molar-refractivity contribution < 1.29 is 9.59 Å². The predicted octanol–water partition coefficient (Wildman–Crippen LogP) is 2.53. The van der Waals surface area contributed by atoms with E-state index in [2.05, 4.69) is 0 Å². The van der Waals surface area contributed by atoms with Gasteiger partial charge in [-0.3, -0.25) is 9.59 Å². The summed E-state index contributed by atoms with van der Waals surface area (Å²) in [4.78, 5) is 22.9. The Bertz CT molecular complexity index is 274. The lowest BCUT2D eigenvalue weighted by molar-refractivity contribution is -0.129. The molecule has 2 N–H and O–H groups in total. The number of Topliss-reactive ketones (excluding diaryl/α,β-unsaturated/α-hetero) is 1. The SMILES string of the molecule is CC(CC(C)(C)CC(=O)C(C)(C)C)C(N)=O. The van der Waals surface area contributed by atoms with Crippen molar-refractivity contribution in [3.8, 4) is 0 Å².